The maximum Gasteiger partial charge on any atom is 0.251 e. The number of anilines is 1. The van der Waals surface area contributed by atoms with Crippen LogP contribution in [-0.4, -0.2) is 22.3 Å². The SMILES string of the molecule is CC(=NNc1ccc(C2=NNC(=O)C2(C)C)cc1)c1ccncc1. The second kappa shape index (κ2) is 6.23. The minimum Gasteiger partial charge on any atom is -0.278 e. The Balaban J connectivity index is 1.73. The topological polar surface area (TPSA) is 78.7 Å². The van der Waals surface area contributed by atoms with Gasteiger partial charge in [0.2, 0.25) is 0 Å². The van der Waals surface area contributed by atoms with Gasteiger partial charge in [-0.05, 0) is 50.6 Å². The summed E-state index contributed by atoms with van der Waals surface area (Å²) in [4.78, 5) is 15.8. The van der Waals surface area contributed by atoms with E-state index in [9.17, 15) is 4.79 Å². The summed E-state index contributed by atoms with van der Waals surface area (Å²) in [5, 5.41) is 8.52. The molecule has 1 aliphatic heterocycles. The van der Waals surface area contributed by atoms with Crippen molar-refractivity contribution in [3.63, 3.8) is 0 Å². The van der Waals surface area contributed by atoms with Gasteiger partial charge in [-0.2, -0.15) is 10.2 Å². The van der Waals surface area contributed by atoms with Crippen LogP contribution in [0, 0.1) is 5.41 Å². The highest BCUT2D eigenvalue weighted by molar-refractivity contribution is 6.19. The third kappa shape index (κ3) is 3.03. The Hall–Kier alpha value is -3.02. The highest BCUT2D eigenvalue weighted by atomic mass is 16.2. The zero-order chi connectivity index (χ0) is 17.2. The van der Waals surface area contributed by atoms with Crippen molar-refractivity contribution in [1.29, 1.82) is 0 Å². The number of nitrogens with one attached hydrogen (secondary N) is 2. The smallest absolute Gasteiger partial charge is 0.251 e. The standard InChI is InChI=1S/C18H19N5O/c1-12(13-8-10-19-11-9-13)20-21-15-6-4-14(5-7-15)16-18(2,3)17(24)23-22-16/h4-11,21H,1-3H3,(H,23,24). The fourth-order valence-corrected chi connectivity index (χ4v) is 2.43. The summed E-state index contributed by atoms with van der Waals surface area (Å²) >= 11 is 0. The summed E-state index contributed by atoms with van der Waals surface area (Å²) in [6.07, 6.45) is 3.48. The van der Waals surface area contributed by atoms with E-state index in [0.29, 0.717) is 0 Å². The Morgan fingerprint density at radius 3 is 2.38 bits per heavy atom. The predicted octanol–water partition coefficient (Wildman–Crippen LogP) is 2.78. The largest absolute Gasteiger partial charge is 0.278 e. The Morgan fingerprint density at radius 1 is 1.12 bits per heavy atom. The summed E-state index contributed by atoms with van der Waals surface area (Å²) in [6.45, 7) is 5.66. The van der Waals surface area contributed by atoms with E-state index in [-0.39, 0.29) is 5.91 Å². The number of carbonyl (C=O) groups excluding carboxylic acids is 1. The minimum atomic E-state index is -0.620. The first kappa shape index (κ1) is 15.9. The van der Waals surface area contributed by atoms with Gasteiger partial charge in [-0.3, -0.25) is 15.2 Å². The Labute approximate surface area is 140 Å². The van der Waals surface area contributed by atoms with Crippen LogP contribution in [-0.2, 0) is 4.79 Å². The number of hydrazone groups is 2. The molecule has 0 fully saturated rings. The number of rotatable bonds is 4. The lowest BCUT2D eigenvalue weighted by Crippen LogP contribution is -2.32. The van der Waals surface area contributed by atoms with E-state index in [1.807, 2.05) is 57.2 Å². The van der Waals surface area contributed by atoms with Crippen LogP contribution in [0.1, 0.15) is 31.9 Å². The first-order valence-corrected chi connectivity index (χ1v) is 7.68. The van der Waals surface area contributed by atoms with Gasteiger partial charge in [-0.15, -0.1) is 0 Å². The van der Waals surface area contributed by atoms with Crippen molar-refractivity contribution < 1.29 is 4.79 Å². The molecule has 0 atom stereocenters. The van der Waals surface area contributed by atoms with E-state index >= 15 is 0 Å². The van der Waals surface area contributed by atoms with E-state index in [1.165, 1.54) is 0 Å². The lowest BCUT2D eigenvalue weighted by atomic mass is 9.84. The van der Waals surface area contributed by atoms with Crippen LogP contribution >= 0.6 is 0 Å². The number of carbonyl (C=O) groups is 1. The minimum absolute atomic E-state index is 0.0859. The van der Waals surface area contributed by atoms with E-state index in [0.717, 1.165) is 28.2 Å². The molecular weight excluding hydrogens is 302 g/mol. The Kier molecular flexibility index (Phi) is 4.12. The second-order valence-corrected chi connectivity index (χ2v) is 6.15. The molecule has 1 amide bonds. The molecule has 6 nitrogen and oxygen atoms in total. The molecule has 6 heteroatoms. The molecule has 1 aromatic carbocycles. The molecule has 0 saturated carbocycles. The molecule has 2 aromatic rings. The highest BCUT2D eigenvalue weighted by Crippen LogP contribution is 2.27. The lowest BCUT2D eigenvalue weighted by molar-refractivity contribution is -0.125. The molecule has 0 saturated heterocycles. The van der Waals surface area contributed by atoms with E-state index < -0.39 is 5.41 Å². The monoisotopic (exact) mass is 321 g/mol. The molecule has 122 valence electrons. The van der Waals surface area contributed by atoms with Crippen molar-refractivity contribution in [1.82, 2.24) is 10.4 Å². The summed E-state index contributed by atoms with van der Waals surface area (Å²) in [7, 11) is 0. The molecule has 1 aromatic heterocycles. The molecule has 2 heterocycles. The molecule has 3 rings (SSSR count). The number of pyridine rings is 1. The number of amides is 1. The fourth-order valence-electron chi connectivity index (χ4n) is 2.43. The summed E-state index contributed by atoms with van der Waals surface area (Å²) in [5.41, 5.74) is 9.37. The molecule has 1 aliphatic rings. The average Bonchev–Trinajstić information content (AvgIpc) is 2.87. The van der Waals surface area contributed by atoms with Crippen LogP contribution in [0.15, 0.2) is 59.0 Å². The van der Waals surface area contributed by atoms with Crippen molar-refractivity contribution in [2.45, 2.75) is 20.8 Å². The zero-order valence-electron chi connectivity index (χ0n) is 13.9. The van der Waals surface area contributed by atoms with Crippen LogP contribution in [0.3, 0.4) is 0 Å². The second-order valence-electron chi connectivity index (χ2n) is 6.15. The molecule has 2 N–H and O–H groups in total. The number of hydrogen-bond acceptors (Lipinski definition) is 5. The third-order valence-electron chi connectivity index (χ3n) is 4.04. The van der Waals surface area contributed by atoms with Crippen LogP contribution in [0.5, 0.6) is 0 Å². The molecule has 0 aliphatic carbocycles. The summed E-state index contributed by atoms with van der Waals surface area (Å²) in [6, 6.07) is 11.5. The maximum absolute atomic E-state index is 11.8. The first-order chi connectivity index (χ1) is 11.5. The Morgan fingerprint density at radius 2 is 1.79 bits per heavy atom. The molecule has 24 heavy (non-hydrogen) atoms. The van der Waals surface area contributed by atoms with Crippen molar-refractivity contribution in [2.75, 3.05) is 5.43 Å². The van der Waals surface area contributed by atoms with Gasteiger partial charge < -0.3 is 0 Å². The number of nitrogens with zero attached hydrogens (tertiary/aromatic N) is 3. The van der Waals surface area contributed by atoms with Gasteiger partial charge in [-0.25, -0.2) is 5.43 Å². The van der Waals surface area contributed by atoms with Crippen LogP contribution in [0.4, 0.5) is 5.69 Å². The van der Waals surface area contributed by atoms with Crippen molar-refractivity contribution in [3.05, 3.63) is 59.9 Å². The van der Waals surface area contributed by atoms with Gasteiger partial charge >= 0.3 is 0 Å². The quantitative estimate of drug-likeness (QED) is 0.671. The van der Waals surface area contributed by atoms with Gasteiger partial charge in [0.05, 0.1) is 22.5 Å². The van der Waals surface area contributed by atoms with Crippen molar-refractivity contribution >= 4 is 23.0 Å². The average molecular weight is 321 g/mol. The molecule has 0 bridgehead atoms. The summed E-state index contributed by atoms with van der Waals surface area (Å²) in [5.74, 6) is -0.0859. The van der Waals surface area contributed by atoms with Crippen LogP contribution < -0.4 is 10.9 Å². The fraction of sp³-hybridized carbons (Fsp3) is 0.222. The van der Waals surface area contributed by atoms with Crippen molar-refractivity contribution in [3.8, 4) is 0 Å². The maximum atomic E-state index is 11.8. The van der Waals surface area contributed by atoms with E-state index in [2.05, 4.69) is 26.0 Å². The third-order valence-corrected chi connectivity index (χ3v) is 4.04. The van der Waals surface area contributed by atoms with Crippen LogP contribution in [0.2, 0.25) is 0 Å². The predicted molar refractivity (Wildman–Crippen MR) is 95.0 cm³/mol. The van der Waals surface area contributed by atoms with E-state index in [1.54, 1.807) is 12.4 Å². The molecule has 0 unspecified atom stereocenters. The number of benzene rings is 1. The zero-order valence-corrected chi connectivity index (χ0v) is 13.9. The van der Waals surface area contributed by atoms with Gasteiger partial charge in [0.25, 0.3) is 5.91 Å². The highest BCUT2D eigenvalue weighted by Gasteiger charge is 2.39. The normalized spacial score (nSPS) is 16.5. The molecule has 0 spiro atoms. The van der Waals surface area contributed by atoms with Crippen LogP contribution in [0.25, 0.3) is 0 Å². The van der Waals surface area contributed by atoms with E-state index in [4.69, 9.17) is 0 Å². The first-order valence-electron chi connectivity index (χ1n) is 7.68. The van der Waals surface area contributed by atoms with Gasteiger partial charge in [0.1, 0.15) is 0 Å². The molecule has 0 radical (unpaired) electrons. The van der Waals surface area contributed by atoms with Crippen molar-refractivity contribution in [2.24, 2.45) is 15.6 Å². The number of hydrogen-bond donors (Lipinski definition) is 2. The molecular formula is C18H19N5O. The van der Waals surface area contributed by atoms with Gasteiger partial charge in [0.15, 0.2) is 0 Å². The van der Waals surface area contributed by atoms with Gasteiger partial charge in [0, 0.05) is 18.0 Å². The Bertz CT molecular complexity index is 807. The lowest BCUT2D eigenvalue weighted by Gasteiger charge is -2.16. The number of aromatic nitrogens is 1. The van der Waals surface area contributed by atoms with Gasteiger partial charge in [-0.1, -0.05) is 12.1 Å². The summed E-state index contributed by atoms with van der Waals surface area (Å²) < 4.78 is 0.